The zero-order chi connectivity index (χ0) is 12.0. The second-order valence-electron chi connectivity index (χ2n) is 4.16. The van der Waals surface area contributed by atoms with Crippen molar-refractivity contribution in [3.05, 3.63) is 33.8 Å². The summed E-state index contributed by atoms with van der Waals surface area (Å²) in [6.45, 7) is 8.51. The molecule has 0 aliphatic rings. The second-order valence-corrected chi connectivity index (χ2v) is 5.08. The van der Waals surface area contributed by atoms with Crippen LogP contribution in [-0.2, 0) is 6.54 Å². The Morgan fingerprint density at radius 1 is 1.38 bits per heavy atom. The maximum Gasteiger partial charge on any atom is 0.0233 e. The Morgan fingerprint density at radius 3 is 2.75 bits per heavy atom. The normalized spacial score (nSPS) is 11.1. The highest BCUT2D eigenvalue weighted by atomic mass is 79.9. The fraction of sp³-hybridized carbons (Fsp3) is 0.538. The van der Waals surface area contributed by atoms with Crippen molar-refractivity contribution >= 4 is 15.9 Å². The Kier molecular flexibility index (Phi) is 6.03. The first kappa shape index (κ1) is 13.7. The molecule has 0 heterocycles. The molecule has 1 N–H and O–H groups in total. The third-order valence-corrected chi connectivity index (χ3v) is 3.16. The summed E-state index contributed by atoms with van der Waals surface area (Å²) >= 11 is 3.49. The fourth-order valence-corrected chi connectivity index (χ4v) is 2.13. The summed E-state index contributed by atoms with van der Waals surface area (Å²) in [7, 11) is 2.17. The summed E-state index contributed by atoms with van der Waals surface area (Å²) in [6, 6.07) is 6.48. The van der Waals surface area contributed by atoms with Crippen molar-refractivity contribution in [3.8, 4) is 0 Å². The van der Waals surface area contributed by atoms with Crippen LogP contribution in [0, 0.1) is 6.92 Å². The maximum atomic E-state index is 3.49. The summed E-state index contributed by atoms with van der Waals surface area (Å²) in [5.41, 5.74) is 2.76. The summed E-state index contributed by atoms with van der Waals surface area (Å²) in [5, 5.41) is 3.34. The number of aryl methyl sites for hydroxylation is 1. The number of nitrogens with zero attached hydrogens (tertiary/aromatic N) is 1. The minimum Gasteiger partial charge on any atom is -0.316 e. The van der Waals surface area contributed by atoms with Gasteiger partial charge in [0.2, 0.25) is 0 Å². The van der Waals surface area contributed by atoms with Crippen LogP contribution in [0.4, 0.5) is 0 Å². The first-order valence-electron chi connectivity index (χ1n) is 5.77. The van der Waals surface area contributed by atoms with Gasteiger partial charge in [-0.05, 0) is 43.8 Å². The van der Waals surface area contributed by atoms with Crippen LogP contribution in [0.1, 0.15) is 18.1 Å². The van der Waals surface area contributed by atoms with Crippen LogP contribution >= 0.6 is 15.9 Å². The maximum absolute atomic E-state index is 3.49. The zero-order valence-corrected chi connectivity index (χ0v) is 12.0. The van der Waals surface area contributed by atoms with E-state index in [-0.39, 0.29) is 0 Å². The molecule has 0 spiro atoms. The van der Waals surface area contributed by atoms with Gasteiger partial charge < -0.3 is 10.2 Å². The van der Waals surface area contributed by atoms with Gasteiger partial charge in [0.15, 0.2) is 0 Å². The van der Waals surface area contributed by atoms with Crippen LogP contribution in [-0.4, -0.2) is 31.6 Å². The molecule has 2 nitrogen and oxygen atoms in total. The molecule has 0 saturated carbocycles. The first-order chi connectivity index (χ1) is 7.63. The lowest BCUT2D eigenvalue weighted by Gasteiger charge is -2.18. The molecule has 3 heteroatoms. The molecule has 0 fully saturated rings. The number of benzene rings is 1. The predicted octanol–water partition coefficient (Wildman–Crippen LogP) is 2.80. The van der Waals surface area contributed by atoms with Crippen molar-refractivity contribution in [2.75, 3.05) is 26.7 Å². The van der Waals surface area contributed by atoms with Gasteiger partial charge in [0, 0.05) is 24.1 Å². The van der Waals surface area contributed by atoms with Crippen molar-refractivity contribution in [2.24, 2.45) is 0 Å². The lowest BCUT2D eigenvalue weighted by molar-refractivity contribution is 0.325. The molecule has 0 aliphatic carbocycles. The lowest BCUT2D eigenvalue weighted by atomic mass is 10.1. The van der Waals surface area contributed by atoms with Gasteiger partial charge in [-0.15, -0.1) is 0 Å². The van der Waals surface area contributed by atoms with E-state index in [2.05, 4.69) is 65.2 Å². The minimum absolute atomic E-state index is 1.02. The van der Waals surface area contributed by atoms with E-state index in [0.29, 0.717) is 0 Å². The van der Waals surface area contributed by atoms with Crippen molar-refractivity contribution in [1.82, 2.24) is 10.2 Å². The Labute approximate surface area is 107 Å². The molecule has 0 aromatic heterocycles. The SMILES string of the molecule is CCNCCN(C)Cc1ccc(Br)cc1C. The van der Waals surface area contributed by atoms with E-state index in [0.717, 1.165) is 30.7 Å². The average molecular weight is 285 g/mol. The van der Waals surface area contributed by atoms with Crippen LogP contribution in [0.2, 0.25) is 0 Å². The number of halogens is 1. The summed E-state index contributed by atoms with van der Waals surface area (Å²) in [6.07, 6.45) is 0. The van der Waals surface area contributed by atoms with E-state index < -0.39 is 0 Å². The summed E-state index contributed by atoms with van der Waals surface area (Å²) in [4.78, 5) is 2.35. The molecule has 0 unspecified atom stereocenters. The quantitative estimate of drug-likeness (QED) is 0.809. The molecular weight excluding hydrogens is 264 g/mol. The molecule has 0 bridgehead atoms. The lowest BCUT2D eigenvalue weighted by Crippen LogP contribution is -2.28. The number of nitrogens with one attached hydrogen (secondary N) is 1. The third kappa shape index (κ3) is 4.64. The predicted molar refractivity (Wildman–Crippen MR) is 73.8 cm³/mol. The highest BCUT2D eigenvalue weighted by Gasteiger charge is 2.03. The van der Waals surface area contributed by atoms with Gasteiger partial charge in [-0.25, -0.2) is 0 Å². The Morgan fingerprint density at radius 2 is 2.12 bits per heavy atom. The minimum atomic E-state index is 1.02. The van der Waals surface area contributed by atoms with Crippen LogP contribution in [0.3, 0.4) is 0 Å². The molecule has 16 heavy (non-hydrogen) atoms. The zero-order valence-electron chi connectivity index (χ0n) is 10.4. The van der Waals surface area contributed by atoms with E-state index in [1.165, 1.54) is 11.1 Å². The van der Waals surface area contributed by atoms with Crippen LogP contribution in [0.5, 0.6) is 0 Å². The standard InChI is InChI=1S/C13H21BrN2/c1-4-15-7-8-16(3)10-12-5-6-13(14)9-11(12)2/h5-6,9,15H,4,7-8,10H2,1-3H3. The topological polar surface area (TPSA) is 15.3 Å². The molecule has 0 radical (unpaired) electrons. The molecule has 0 saturated heterocycles. The van der Waals surface area contributed by atoms with Crippen LogP contribution in [0.15, 0.2) is 22.7 Å². The molecule has 0 amide bonds. The molecule has 1 aromatic rings. The number of hydrogen-bond donors (Lipinski definition) is 1. The molecule has 90 valence electrons. The molecule has 0 atom stereocenters. The van der Waals surface area contributed by atoms with E-state index in [4.69, 9.17) is 0 Å². The van der Waals surface area contributed by atoms with Gasteiger partial charge in [-0.2, -0.15) is 0 Å². The third-order valence-electron chi connectivity index (χ3n) is 2.67. The van der Waals surface area contributed by atoms with Crippen molar-refractivity contribution < 1.29 is 0 Å². The first-order valence-corrected chi connectivity index (χ1v) is 6.57. The van der Waals surface area contributed by atoms with Gasteiger partial charge in [-0.3, -0.25) is 0 Å². The highest BCUT2D eigenvalue weighted by Crippen LogP contribution is 2.16. The van der Waals surface area contributed by atoms with Gasteiger partial charge in [0.1, 0.15) is 0 Å². The largest absolute Gasteiger partial charge is 0.316 e. The molecule has 1 aromatic carbocycles. The Bertz CT molecular complexity index is 326. The second kappa shape index (κ2) is 7.05. The summed E-state index contributed by atoms with van der Waals surface area (Å²) < 4.78 is 1.16. The Balaban J connectivity index is 2.46. The van der Waals surface area contributed by atoms with E-state index in [1.807, 2.05) is 0 Å². The number of hydrogen-bond acceptors (Lipinski definition) is 2. The monoisotopic (exact) mass is 284 g/mol. The van der Waals surface area contributed by atoms with Crippen molar-refractivity contribution in [2.45, 2.75) is 20.4 Å². The van der Waals surface area contributed by atoms with Crippen LogP contribution < -0.4 is 5.32 Å². The van der Waals surface area contributed by atoms with Gasteiger partial charge in [0.25, 0.3) is 0 Å². The van der Waals surface area contributed by atoms with Crippen molar-refractivity contribution in [3.63, 3.8) is 0 Å². The fourth-order valence-electron chi connectivity index (χ4n) is 1.65. The number of likely N-dealkylation sites (N-methyl/N-ethyl adjacent to an activating group) is 2. The van der Waals surface area contributed by atoms with Gasteiger partial charge >= 0.3 is 0 Å². The van der Waals surface area contributed by atoms with Crippen LogP contribution in [0.25, 0.3) is 0 Å². The Hall–Kier alpha value is -0.380. The van der Waals surface area contributed by atoms with E-state index >= 15 is 0 Å². The van der Waals surface area contributed by atoms with E-state index in [9.17, 15) is 0 Å². The van der Waals surface area contributed by atoms with E-state index in [1.54, 1.807) is 0 Å². The highest BCUT2D eigenvalue weighted by molar-refractivity contribution is 9.10. The smallest absolute Gasteiger partial charge is 0.0233 e. The molecule has 0 aliphatic heterocycles. The van der Waals surface area contributed by atoms with Gasteiger partial charge in [0.05, 0.1) is 0 Å². The number of rotatable bonds is 6. The summed E-state index contributed by atoms with van der Waals surface area (Å²) in [5.74, 6) is 0. The van der Waals surface area contributed by atoms with Gasteiger partial charge in [-0.1, -0.05) is 28.9 Å². The van der Waals surface area contributed by atoms with Crippen molar-refractivity contribution in [1.29, 1.82) is 0 Å². The molecular formula is C13H21BrN2. The molecule has 1 rings (SSSR count). The average Bonchev–Trinajstić information content (AvgIpc) is 2.23.